The molecule has 6 N–H and O–H groups in total. The molecule has 340 valence electrons. The van der Waals surface area contributed by atoms with E-state index in [0.717, 1.165) is 38.5 Å². The first-order chi connectivity index (χ1) is 30.2. The molecule has 2 aliphatic carbocycles. The van der Waals surface area contributed by atoms with Gasteiger partial charge in [-0.25, -0.2) is 8.78 Å². The average Bonchev–Trinajstić information content (AvgIpc) is 3.51. The van der Waals surface area contributed by atoms with E-state index in [9.17, 15) is 58.0 Å². The molecule has 4 aliphatic rings. The number of amides is 2. The van der Waals surface area contributed by atoms with Gasteiger partial charge in [0.2, 0.25) is 10.9 Å². The Morgan fingerprint density at radius 1 is 0.625 bits per heavy atom. The lowest BCUT2D eigenvalue weighted by atomic mass is 9.64. The van der Waals surface area contributed by atoms with Crippen LogP contribution >= 0.6 is 23.2 Å². The number of nitrogens with one attached hydrogen (secondary N) is 2. The van der Waals surface area contributed by atoms with Crippen molar-refractivity contribution in [1.82, 2.24) is 19.8 Å². The van der Waals surface area contributed by atoms with Gasteiger partial charge in [0, 0.05) is 36.6 Å². The maximum Gasteiger partial charge on any atom is 0.257 e. The number of halogens is 4. The molecule has 8 rings (SSSR count). The Morgan fingerprint density at radius 2 is 0.984 bits per heavy atom. The molecule has 14 nitrogen and oxygen atoms in total. The fraction of sp³-hybridized carbons (Fsp3) is 0.435. The highest BCUT2D eigenvalue weighted by Gasteiger charge is 2.58. The highest BCUT2D eigenvalue weighted by Crippen LogP contribution is 2.51. The third kappa shape index (κ3) is 7.92. The first-order valence-electron chi connectivity index (χ1n) is 21.1. The molecule has 18 heteroatoms. The van der Waals surface area contributed by atoms with Gasteiger partial charge in [-0.2, -0.15) is 0 Å². The van der Waals surface area contributed by atoms with Gasteiger partial charge < -0.3 is 40.2 Å². The van der Waals surface area contributed by atoms with E-state index in [1.807, 2.05) is 0 Å². The summed E-state index contributed by atoms with van der Waals surface area (Å²) in [4.78, 5) is 77.5. The van der Waals surface area contributed by atoms with Gasteiger partial charge in [-0.1, -0.05) is 86.0 Å². The zero-order valence-electron chi connectivity index (χ0n) is 35.2. The summed E-state index contributed by atoms with van der Waals surface area (Å²) >= 11 is 11.5. The van der Waals surface area contributed by atoms with Gasteiger partial charge in [0.15, 0.2) is 23.1 Å². The summed E-state index contributed by atoms with van der Waals surface area (Å²) in [5, 5.41) is 48.6. The van der Waals surface area contributed by atoms with Crippen LogP contribution in [0.4, 0.5) is 8.78 Å². The number of hydrogen-bond acceptors (Lipinski definition) is 10. The van der Waals surface area contributed by atoms with Crippen LogP contribution in [0, 0.1) is 22.5 Å². The maximum atomic E-state index is 14.1. The lowest BCUT2D eigenvalue weighted by molar-refractivity contribution is -0.0837. The Hall–Kier alpha value is -5.42. The van der Waals surface area contributed by atoms with Gasteiger partial charge in [0.1, 0.15) is 34.1 Å². The third-order valence-corrected chi connectivity index (χ3v) is 14.4. The number of benzene rings is 2. The van der Waals surface area contributed by atoms with Crippen molar-refractivity contribution in [3.63, 3.8) is 0 Å². The molecule has 4 aromatic rings. The van der Waals surface area contributed by atoms with Crippen LogP contribution in [0.5, 0.6) is 11.5 Å². The van der Waals surface area contributed by atoms with Crippen molar-refractivity contribution in [3.8, 4) is 11.5 Å². The second kappa shape index (κ2) is 17.5. The normalized spacial score (nSPS) is 24.9. The molecule has 2 aromatic heterocycles. The van der Waals surface area contributed by atoms with Crippen molar-refractivity contribution >= 4 is 46.6 Å². The van der Waals surface area contributed by atoms with Gasteiger partial charge in [-0.3, -0.25) is 28.8 Å². The van der Waals surface area contributed by atoms with Crippen LogP contribution in [-0.2, 0) is 26.2 Å². The SMILES string of the molecule is C[C@@]12CCCCC[C@]1(O)Cn1cc(C(=O)NCc3cccc(Cl)c3F)c(=O)c(O)c1C2=O.C[C@]12CCCCC[C@@]1(O)Cn1cc(C(=O)NCc3cccc(Cl)c3F)c(=O)c(O)c1C2=O. The molecule has 2 aromatic carbocycles. The van der Waals surface area contributed by atoms with Crippen molar-refractivity contribution < 1.29 is 48.4 Å². The lowest BCUT2D eigenvalue weighted by Crippen LogP contribution is -2.58. The minimum absolute atomic E-state index is 0.0262. The molecule has 2 amide bonds. The summed E-state index contributed by atoms with van der Waals surface area (Å²) in [6.07, 6.45) is 8.83. The molecule has 2 aliphatic heterocycles. The molecule has 0 spiro atoms. The van der Waals surface area contributed by atoms with E-state index in [0.29, 0.717) is 25.7 Å². The number of carbonyl (C=O) groups is 4. The number of aliphatic hydroxyl groups is 2. The molecule has 4 atom stereocenters. The molecular formula is C46H48Cl2F2N4O10. The topological polar surface area (TPSA) is 217 Å². The van der Waals surface area contributed by atoms with Gasteiger partial charge in [-0.15, -0.1) is 0 Å². The van der Waals surface area contributed by atoms with E-state index >= 15 is 0 Å². The Morgan fingerprint density at radius 3 is 1.36 bits per heavy atom. The van der Waals surface area contributed by atoms with Crippen molar-refractivity contribution in [2.24, 2.45) is 10.8 Å². The fourth-order valence-corrected chi connectivity index (χ4v) is 10.1. The average molecular weight is 926 g/mol. The Labute approximate surface area is 375 Å². The number of hydrogen-bond donors (Lipinski definition) is 6. The first kappa shape index (κ1) is 46.6. The predicted molar refractivity (Wildman–Crippen MR) is 231 cm³/mol. The van der Waals surface area contributed by atoms with Gasteiger partial charge in [0.05, 0.1) is 45.2 Å². The van der Waals surface area contributed by atoms with Crippen molar-refractivity contribution in [2.45, 2.75) is 115 Å². The van der Waals surface area contributed by atoms with Crippen LogP contribution in [0.15, 0.2) is 58.4 Å². The number of aromatic hydroxyl groups is 2. The molecule has 0 saturated heterocycles. The van der Waals surface area contributed by atoms with Gasteiger partial charge in [-0.05, 0) is 51.7 Å². The smallest absolute Gasteiger partial charge is 0.257 e. The number of fused-ring (bicyclic) bond motifs is 4. The van der Waals surface area contributed by atoms with Crippen LogP contribution in [-0.4, -0.2) is 64.1 Å². The van der Waals surface area contributed by atoms with Crippen molar-refractivity contribution in [1.29, 1.82) is 0 Å². The third-order valence-electron chi connectivity index (χ3n) is 13.8. The van der Waals surface area contributed by atoms with Crippen molar-refractivity contribution in [2.75, 3.05) is 0 Å². The number of Topliss-reactive ketones (excluding diaryl/α,β-unsaturated/α-hetero) is 2. The van der Waals surface area contributed by atoms with E-state index < -0.39 is 90.5 Å². The summed E-state index contributed by atoms with van der Waals surface area (Å²) in [6, 6.07) is 8.70. The van der Waals surface area contributed by atoms with Crippen molar-refractivity contribution in [3.05, 3.63) is 125 Å². The van der Waals surface area contributed by atoms with Gasteiger partial charge in [0.25, 0.3) is 11.8 Å². The highest BCUT2D eigenvalue weighted by molar-refractivity contribution is 6.31. The number of ketones is 2. The summed E-state index contributed by atoms with van der Waals surface area (Å²) in [6.45, 7) is 2.84. The van der Waals surface area contributed by atoms with Crippen LogP contribution in [0.1, 0.15) is 131 Å². The largest absolute Gasteiger partial charge is 0.503 e. The molecular weight excluding hydrogens is 877 g/mol. The molecule has 2 saturated carbocycles. The maximum absolute atomic E-state index is 14.1. The number of nitrogens with zero attached hydrogens (tertiary/aromatic N) is 2. The second-order valence-electron chi connectivity index (χ2n) is 17.7. The predicted octanol–water partition coefficient (Wildman–Crippen LogP) is 6.35. The first-order valence-corrected chi connectivity index (χ1v) is 21.8. The molecule has 0 radical (unpaired) electrons. The monoisotopic (exact) mass is 924 g/mol. The molecule has 64 heavy (non-hydrogen) atoms. The summed E-state index contributed by atoms with van der Waals surface area (Å²) in [7, 11) is 0. The summed E-state index contributed by atoms with van der Waals surface area (Å²) in [5.41, 5.74) is -7.86. The second-order valence-corrected chi connectivity index (χ2v) is 18.5. The summed E-state index contributed by atoms with van der Waals surface area (Å²) < 4.78 is 30.7. The van der Waals surface area contributed by atoms with E-state index in [1.54, 1.807) is 13.8 Å². The molecule has 4 heterocycles. The minimum Gasteiger partial charge on any atom is -0.503 e. The molecule has 0 bridgehead atoms. The number of aromatic nitrogens is 2. The number of rotatable bonds is 6. The van der Waals surface area contributed by atoms with E-state index in [-0.39, 0.29) is 58.7 Å². The number of pyridine rings is 2. The Bertz CT molecular complexity index is 2540. The lowest BCUT2D eigenvalue weighted by Gasteiger charge is -2.47. The van der Waals surface area contributed by atoms with Crippen LogP contribution < -0.4 is 21.5 Å². The molecule has 0 unspecified atom stereocenters. The summed E-state index contributed by atoms with van der Waals surface area (Å²) in [5.74, 6) is -5.68. The highest BCUT2D eigenvalue weighted by atomic mass is 35.5. The van der Waals surface area contributed by atoms with Crippen LogP contribution in [0.2, 0.25) is 10.0 Å². The zero-order chi connectivity index (χ0) is 46.5. The standard InChI is InChI=1S/2C23H24ClFN2O5/c2*1-22-8-3-2-4-9-23(22,32)12-27-11-14(18(28)19(29)17(27)20(22)30)21(31)26-10-13-6-5-7-15(24)16(13)25/h2*5-7,11,29,32H,2-4,8-10,12H2,1H3,(H,26,31)/t2*22-,23-/m10/s1. The van der Waals surface area contributed by atoms with Gasteiger partial charge >= 0.3 is 0 Å². The van der Waals surface area contributed by atoms with Crippen LogP contribution in [0.3, 0.4) is 0 Å². The zero-order valence-corrected chi connectivity index (χ0v) is 36.7. The minimum atomic E-state index is -1.35. The fourth-order valence-electron chi connectivity index (χ4n) is 9.67. The molecule has 2 fully saturated rings. The Kier molecular flexibility index (Phi) is 12.7. The van der Waals surface area contributed by atoms with E-state index in [1.165, 1.54) is 57.9 Å². The van der Waals surface area contributed by atoms with E-state index in [2.05, 4.69) is 10.6 Å². The quantitative estimate of drug-likeness (QED) is 0.126. The number of carbonyl (C=O) groups excluding carboxylic acids is 4. The van der Waals surface area contributed by atoms with Crippen LogP contribution in [0.25, 0.3) is 0 Å². The Balaban J connectivity index is 0.000000191. The van der Waals surface area contributed by atoms with E-state index in [4.69, 9.17) is 23.2 Å².